The van der Waals surface area contributed by atoms with Crippen LogP contribution in [0.25, 0.3) is 11.1 Å². The van der Waals surface area contributed by atoms with Crippen LogP contribution in [0.2, 0.25) is 0 Å². The zero-order valence-corrected chi connectivity index (χ0v) is 24.2. The number of benzene rings is 4. The minimum absolute atomic E-state index is 0.532. The maximum atomic E-state index is 13.8. The van der Waals surface area contributed by atoms with E-state index in [1.807, 2.05) is 109 Å². The highest BCUT2D eigenvalue weighted by atomic mass is 16.3. The molecule has 0 radical (unpaired) electrons. The van der Waals surface area contributed by atoms with Crippen molar-refractivity contribution in [3.63, 3.8) is 0 Å². The summed E-state index contributed by atoms with van der Waals surface area (Å²) in [5, 5.41) is 27.2. The average molecular weight is 577 g/mol. The van der Waals surface area contributed by atoms with Gasteiger partial charge in [0.1, 0.15) is 5.78 Å². The van der Waals surface area contributed by atoms with Crippen molar-refractivity contribution in [2.24, 2.45) is 11.8 Å². The maximum absolute atomic E-state index is 13.8. The van der Waals surface area contributed by atoms with Crippen molar-refractivity contribution < 1.29 is 15.0 Å². The van der Waals surface area contributed by atoms with Crippen LogP contribution < -0.4 is 20.0 Å². The number of allylic oxidation sites excluding steroid dienone is 4. The van der Waals surface area contributed by atoms with Gasteiger partial charge in [-0.1, -0.05) is 115 Å². The van der Waals surface area contributed by atoms with E-state index in [0.29, 0.717) is 13.1 Å². The molecule has 0 N–H and O–H groups in total. The van der Waals surface area contributed by atoms with Gasteiger partial charge in [0.05, 0.1) is 0 Å². The minimum atomic E-state index is -1.60. The number of para-hydroxylation sites is 2. The fraction of sp³-hybridized carbons (Fsp3) is 0.154. The lowest BCUT2D eigenvalue weighted by Gasteiger charge is -2.33. The third kappa shape index (κ3) is 5.32. The van der Waals surface area contributed by atoms with Crippen molar-refractivity contribution in [1.82, 2.24) is 0 Å². The summed E-state index contributed by atoms with van der Waals surface area (Å²) in [5.74, 6) is -2.48. The van der Waals surface area contributed by atoms with Crippen LogP contribution in [-0.2, 0) is 17.9 Å². The Kier molecular flexibility index (Phi) is 7.57. The van der Waals surface area contributed by atoms with Crippen molar-refractivity contribution >= 4 is 28.3 Å². The summed E-state index contributed by atoms with van der Waals surface area (Å²) in [5.41, 5.74) is 7.84. The number of Topliss-reactive ketones (excluding diaryl/α,β-unsaturated/α-hetero) is 1. The van der Waals surface area contributed by atoms with E-state index in [2.05, 4.69) is 34.1 Å². The third-order valence-corrected chi connectivity index (χ3v) is 8.73. The Hall–Kier alpha value is -4.97. The van der Waals surface area contributed by atoms with Gasteiger partial charge in [-0.05, 0) is 52.5 Å². The second-order valence-electron chi connectivity index (χ2n) is 11.5. The quantitative estimate of drug-likeness (QED) is 0.304. The van der Waals surface area contributed by atoms with E-state index in [-0.39, 0.29) is 0 Å². The molecule has 218 valence electrons. The number of hydrogen-bond acceptors (Lipinski definition) is 5. The molecule has 2 heterocycles. The van der Waals surface area contributed by atoms with Crippen LogP contribution in [0.5, 0.6) is 0 Å². The Labute approximate surface area is 258 Å². The molecule has 1 saturated carbocycles. The largest absolute Gasteiger partial charge is 0.851 e. The summed E-state index contributed by atoms with van der Waals surface area (Å²) >= 11 is 0. The Morgan fingerprint density at radius 2 is 1.05 bits per heavy atom. The Morgan fingerprint density at radius 1 is 0.591 bits per heavy atom. The van der Waals surface area contributed by atoms with E-state index < -0.39 is 29.8 Å². The molecule has 0 amide bonds. The molecule has 5 nitrogen and oxygen atoms in total. The number of rotatable bonds is 6. The first kappa shape index (κ1) is 27.8. The highest BCUT2D eigenvalue weighted by molar-refractivity contribution is 5.95. The first-order chi connectivity index (χ1) is 21.6. The van der Waals surface area contributed by atoms with E-state index in [9.17, 15) is 15.0 Å². The number of hydrogen-bond donors (Lipinski definition) is 0. The van der Waals surface area contributed by atoms with Gasteiger partial charge in [0.25, 0.3) is 0 Å². The van der Waals surface area contributed by atoms with Gasteiger partial charge < -0.3 is 24.8 Å². The van der Waals surface area contributed by atoms with Crippen LogP contribution in [0, 0.1) is 11.8 Å². The molecule has 5 heteroatoms. The van der Waals surface area contributed by atoms with Gasteiger partial charge in [-0.25, -0.2) is 0 Å². The highest BCUT2D eigenvalue weighted by Crippen LogP contribution is 2.39. The summed E-state index contributed by atoms with van der Waals surface area (Å²) in [6.07, 6.45) is 8.36. The second kappa shape index (κ2) is 12.0. The van der Waals surface area contributed by atoms with Gasteiger partial charge in [-0.2, -0.15) is 0 Å². The van der Waals surface area contributed by atoms with Crippen LogP contribution in [0.15, 0.2) is 146 Å². The lowest BCUT2D eigenvalue weighted by Crippen LogP contribution is -2.40. The van der Waals surface area contributed by atoms with E-state index in [0.717, 1.165) is 33.6 Å². The number of ketones is 1. The molecular formula is C39H32N2O3-2. The van der Waals surface area contributed by atoms with Crippen LogP contribution in [0.1, 0.15) is 22.3 Å². The van der Waals surface area contributed by atoms with Gasteiger partial charge in [-0.3, -0.25) is 0 Å². The van der Waals surface area contributed by atoms with Gasteiger partial charge in [0.15, 0.2) is 0 Å². The van der Waals surface area contributed by atoms with Gasteiger partial charge in [0, 0.05) is 53.9 Å². The fourth-order valence-electron chi connectivity index (χ4n) is 6.46. The van der Waals surface area contributed by atoms with E-state index in [1.165, 1.54) is 11.1 Å². The number of nitrogens with zero attached hydrogens (tertiary/aromatic N) is 2. The summed E-state index contributed by atoms with van der Waals surface area (Å²) in [6, 6.07) is 36.4. The molecule has 0 bridgehead atoms. The molecule has 1 fully saturated rings. The van der Waals surface area contributed by atoms with E-state index in [1.54, 1.807) is 12.2 Å². The van der Waals surface area contributed by atoms with Crippen LogP contribution in [-0.4, -0.2) is 18.0 Å². The molecule has 3 aliphatic rings. The Bertz CT molecular complexity index is 1790. The second-order valence-corrected chi connectivity index (χ2v) is 11.5. The predicted octanol–water partition coefficient (Wildman–Crippen LogP) is 5.49. The molecule has 4 aromatic carbocycles. The topological polar surface area (TPSA) is 69.7 Å². The molecule has 4 atom stereocenters. The first-order valence-electron chi connectivity index (χ1n) is 15.0. The lowest BCUT2D eigenvalue weighted by atomic mass is 9.90. The van der Waals surface area contributed by atoms with Gasteiger partial charge in [0.2, 0.25) is 0 Å². The molecule has 7 rings (SSSR count). The highest BCUT2D eigenvalue weighted by Gasteiger charge is 2.37. The molecule has 1 aliphatic carbocycles. The van der Waals surface area contributed by atoms with Crippen molar-refractivity contribution in [3.05, 3.63) is 168 Å². The predicted molar refractivity (Wildman–Crippen MR) is 172 cm³/mol. The summed E-state index contributed by atoms with van der Waals surface area (Å²) < 4.78 is 0. The zero-order valence-electron chi connectivity index (χ0n) is 24.2. The average Bonchev–Trinajstić information content (AvgIpc) is 3.26. The monoisotopic (exact) mass is 576 g/mol. The number of carbonyl (C=O) groups is 1. The minimum Gasteiger partial charge on any atom is -0.851 e. The summed E-state index contributed by atoms with van der Waals surface area (Å²) in [7, 11) is 0. The molecule has 4 unspecified atom stereocenters. The molecule has 0 spiro atoms. The SMILES string of the molecule is O=C1C([O-])C(/C=C2/C=CN(Cc3ccccc3)c3ccccc32)C([O-])C1/C=C1/C=CN(Cc2ccccc2)c2ccccc21. The molecule has 44 heavy (non-hydrogen) atoms. The normalized spacial score (nSPS) is 24.2. The molecule has 2 aliphatic heterocycles. The maximum Gasteiger partial charge on any atom is 0.125 e. The first-order valence-corrected chi connectivity index (χ1v) is 15.0. The molecule has 0 aromatic heterocycles. The number of anilines is 2. The number of carbonyl (C=O) groups excluding carboxylic acids is 1. The van der Waals surface area contributed by atoms with Crippen LogP contribution in [0.3, 0.4) is 0 Å². The Morgan fingerprint density at radius 3 is 1.57 bits per heavy atom. The standard InChI is InChI=1S/C39H32N2O3/c42-37-33(23-29-19-21-40(25-27-11-3-1-4-12-27)35-17-9-7-15-31(29)35)38(43)39(44)34(37)24-30-20-22-41(26-28-13-5-2-6-14-28)36-18-10-8-16-32(30)36/h1-24,33-34,37-38H,25-26H2/q-2/b29-23-,30-24-. The summed E-state index contributed by atoms with van der Waals surface area (Å²) in [4.78, 5) is 17.6. The number of fused-ring (bicyclic) bond motifs is 2. The lowest BCUT2D eigenvalue weighted by molar-refractivity contribution is -0.458. The van der Waals surface area contributed by atoms with Gasteiger partial charge in [-0.15, -0.1) is 6.10 Å². The van der Waals surface area contributed by atoms with Crippen molar-refractivity contribution in [1.29, 1.82) is 0 Å². The van der Waals surface area contributed by atoms with Crippen molar-refractivity contribution in [3.8, 4) is 0 Å². The van der Waals surface area contributed by atoms with Crippen LogP contribution >= 0.6 is 0 Å². The molecule has 0 saturated heterocycles. The fourth-order valence-corrected chi connectivity index (χ4v) is 6.46. The van der Waals surface area contributed by atoms with Gasteiger partial charge >= 0.3 is 0 Å². The van der Waals surface area contributed by atoms with E-state index >= 15 is 0 Å². The van der Waals surface area contributed by atoms with Crippen molar-refractivity contribution in [2.45, 2.75) is 25.3 Å². The third-order valence-electron chi connectivity index (χ3n) is 8.73. The Balaban J connectivity index is 1.16. The summed E-state index contributed by atoms with van der Waals surface area (Å²) in [6.45, 7) is 1.40. The van der Waals surface area contributed by atoms with Crippen molar-refractivity contribution in [2.75, 3.05) is 9.80 Å². The zero-order chi connectivity index (χ0) is 30.0. The van der Waals surface area contributed by atoms with E-state index in [4.69, 9.17) is 0 Å². The molecular weight excluding hydrogens is 544 g/mol. The smallest absolute Gasteiger partial charge is 0.125 e. The molecule has 4 aromatic rings. The van der Waals surface area contributed by atoms with Crippen LogP contribution in [0.4, 0.5) is 11.4 Å².